The molecule has 0 aromatic carbocycles. The van der Waals surface area contributed by atoms with Crippen molar-refractivity contribution in [3.05, 3.63) is 0 Å². The van der Waals surface area contributed by atoms with Crippen molar-refractivity contribution in [3.8, 4) is 0 Å². The third-order valence-corrected chi connectivity index (χ3v) is 1.54. The molecule has 0 spiro atoms. The van der Waals surface area contributed by atoms with Crippen LogP contribution in [0.25, 0.3) is 0 Å². The summed E-state index contributed by atoms with van der Waals surface area (Å²) < 4.78 is 5.58. The fourth-order valence-corrected chi connectivity index (χ4v) is 0.909. The van der Waals surface area contributed by atoms with Crippen LogP contribution in [0.15, 0.2) is 0 Å². The van der Waals surface area contributed by atoms with Crippen LogP contribution in [-0.2, 0) is 4.74 Å². The van der Waals surface area contributed by atoms with Gasteiger partial charge >= 0.3 is 6.09 Å². The van der Waals surface area contributed by atoms with Crippen molar-refractivity contribution in [1.82, 2.24) is 0 Å². The van der Waals surface area contributed by atoms with Crippen molar-refractivity contribution < 1.29 is 9.53 Å². The molecular weight excluding hydrogens is 233 g/mol. The molecule has 0 heterocycles. The number of primary amides is 1. The number of unbranched alkanes of at least 4 members (excludes halogenated alkanes) is 1. The summed E-state index contributed by atoms with van der Waals surface area (Å²) in [6, 6.07) is 0. The highest BCUT2D eigenvalue weighted by Crippen LogP contribution is 1.93. The number of carbonyl (C=O) groups excluding carboxylic acids is 1. The molecule has 0 rings (SSSR count). The minimum atomic E-state index is -0.677. The maximum Gasteiger partial charge on any atom is 0.404 e. The van der Waals surface area contributed by atoms with Crippen LogP contribution in [0.3, 0.4) is 0 Å². The summed E-state index contributed by atoms with van der Waals surface area (Å²) in [4.78, 5) is 9.96. The van der Waals surface area contributed by atoms with Crippen molar-refractivity contribution in [2.45, 2.75) is 12.8 Å². The summed E-state index contributed by atoms with van der Waals surface area (Å²) in [5, 5.41) is 0. The molecule has 0 aliphatic heterocycles. The van der Waals surface area contributed by atoms with Gasteiger partial charge in [0.15, 0.2) is 0 Å². The van der Waals surface area contributed by atoms with Crippen LogP contribution in [0.4, 0.5) is 4.79 Å². The Hall–Kier alpha value is 0. The van der Waals surface area contributed by atoms with Crippen LogP contribution in [0.5, 0.6) is 0 Å². The second-order valence-electron chi connectivity index (χ2n) is 1.56. The van der Waals surface area contributed by atoms with E-state index in [0.717, 1.165) is 17.3 Å². The first-order valence-corrected chi connectivity index (χ1v) is 4.28. The van der Waals surface area contributed by atoms with E-state index in [-0.39, 0.29) is 0 Å². The minimum absolute atomic E-state index is 0.457. The fraction of sp³-hybridized carbons (Fsp3) is 0.800. The largest absolute Gasteiger partial charge is 0.450 e. The average molecular weight is 243 g/mol. The van der Waals surface area contributed by atoms with Gasteiger partial charge in [-0.3, -0.25) is 0 Å². The van der Waals surface area contributed by atoms with Crippen LogP contribution in [0, 0.1) is 0 Å². The van der Waals surface area contributed by atoms with Gasteiger partial charge in [0.25, 0.3) is 0 Å². The molecular formula is C5H10INO2. The molecule has 0 saturated heterocycles. The predicted molar refractivity (Wildman–Crippen MR) is 43.7 cm³/mol. The summed E-state index contributed by atoms with van der Waals surface area (Å²) in [5.74, 6) is 0. The van der Waals surface area contributed by atoms with E-state index in [4.69, 9.17) is 5.73 Å². The topological polar surface area (TPSA) is 52.3 Å². The molecule has 0 atom stereocenters. The summed E-state index contributed by atoms with van der Waals surface area (Å²) in [6.07, 6.45) is 1.31. The monoisotopic (exact) mass is 243 g/mol. The van der Waals surface area contributed by atoms with Crippen LogP contribution in [0.1, 0.15) is 12.8 Å². The Kier molecular flexibility index (Phi) is 6.12. The summed E-state index contributed by atoms with van der Waals surface area (Å²) >= 11 is 2.27. The zero-order valence-electron chi connectivity index (χ0n) is 5.10. The van der Waals surface area contributed by atoms with Crippen molar-refractivity contribution in [3.63, 3.8) is 0 Å². The van der Waals surface area contributed by atoms with Crippen LogP contribution in [0.2, 0.25) is 0 Å². The van der Waals surface area contributed by atoms with Gasteiger partial charge in [-0.05, 0) is 17.3 Å². The van der Waals surface area contributed by atoms with Gasteiger partial charge < -0.3 is 10.5 Å². The highest BCUT2D eigenvalue weighted by molar-refractivity contribution is 14.1. The quantitative estimate of drug-likeness (QED) is 0.459. The normalized spacial score (nSPS) is 9.00. The molecule has 0 bridgehead atoms. The third kappa shape index (κ3) is 8.00. The Morgan fingerprint density at radius 1 is 1.56 bits per heavy atom. The molecule has 0 aliphatic rings. The molecule has 1 amide bonds. The maximum atomic E-state index is 9.96. The Labute approximate surface area is 68.1 Å². The SMILES string of the molecule is NC(=O)OCCCCI. The molecule has 54 valence electrons. The lowest BCUT2D eigenvalue weighted by Crippen LogP contribution is -2.13. The van der Waals surface area contributed by atoms with Gasteiger partial charge in [0.05, 0.1) is 6.61 Å². The highest BCUT2D eigenvalue weighted by Gasteiger charge is 1.90. The van der Waals surface area contributed by atoms with Crippen LogP contribution >= 0.6 is 22.6 Å². The van der Waals surface area contributed by atoms with Crippen molar-refractivity contribution >= 4 is 28.7 Å². The lowest BCUT2D eigenvalue weighted by atomic mass is 10.4. The van der Waals surface area contributed by atoms with Gasteiger partial charge in [-0.1, -0.05) is 22.6 Å². The van der Waals surface area contributed by atoms with Crippen molar-refractivity contribution in [2.24, 2.45) is 5.73 Å². The number of rotatable bonds is 4. The first-order valence-electron chi connectivity index (χ1n) is 2.75. The Morgan fingerprint density at radius 2 is 2.22 bits per heavy atom. The van der Waals surface area contributed by atoms with E-state index in [1.54, 1.807) is 0 Å². The molecule has 3 nitrogen and oxygen atoms in total. The average Bonchev–Trinajstić information content (AvgIpc) is 1.80. The summed E-state index contributed by atoms with van der Waals surface area (Å²) in [7, 11) is 0. The van der Waals surface area contributed by atoms with E-state index < -0.39 is 6.09 Å². The lowest BCUT2D eigenvalue weighted by molar-refractivity contribution is 0.155. The first kappa shape index (κ1) is 9.00. The van der Waals surface area contributed by atoms with Gasteiger partial charge in [0, 0.05) is 0 Å². The third-order valence-electron chi connectivity index (χ3n) is 0.772. The molecule has 0 radical (unpaired) electrons. The standard InChI is InChI=1S/C5H10INO2/c6-3-1-2-4-9-5(7)8/h1-4H2,(H2,7,8). The second kappa shape index (κ2) is 6.12. The van der Waals surface area contributed by atoms with E-state index in [1.165, 1.54) is 0 Å². The lowest BCUT2D eigenvalue weighted by Gasteiger charge is -1.97. The number of nitrogens with two attached hydrogens (primary N) is 1. The molecule has 9 heavy (non-hydrogen) atoms. The number of halogens is 1. The van der Waals surface area contributed by atoms with E-state index in [1.807, 2.05) is 0 Å². The summed E-state index contributed by atoms with van der Waals surface area (Å²) in [6.45, 7) is 0.457. The van der Waals surface area contributed by atoms with E-state index in [2.05, 4.69) is 27.3 Å². The summed E-state index contributed by atoms with van der Waals surface area (Å²) in [5.41, 5.74) is 4.71. The van der Waals surface area contributed by atoms with E-state index in [9.17, 15) is 4.79 Å². The smallest absolute Gasteiger partial charge is 0.404 e. The molecule has 0 unspecified atom stereocenters. The minimum Gasteiger partial charge on any atom is -0.450 e. The van der Waals surface area contributed by atoms with E-state index >= 15 is 0 Å². The molecule has 2 N–H and O–H groups in total. The molecule has 0 aromatic rings. The predicted octanol–water partition coefficient (Wildman–Crippen LogP) is 1.30. The number of hydrogen-bond donors (Lipinski definition) is 1. The van der Waals surface area contributed by atoms with Gasteiger partial charge in [0.1, 0.15) is 0 Å². The van der Waals surface area contributed by atoms with Gasteiger partial charge in [-0.2, -0.15) is 0 Å². The Morgan fingerprint density at radius 3 is 2.67 bits per heavy atom. The number of carbonyl (C=O) groups is 1. The van der Waals surface area contributed by atoms with Gasteiger partial charge in [-0.25, -0.2) is 4.79 Å². The fourth-order valence-electron chi connectivity index (χ4n) is 0.369. The van der Waals surface area contributed by atoms with Gasteiger partial charge in [-0.15, -0.1) is 0 Å². The van der Waals surface area contributed by atoms with Crippen molar-refractivity contribution in [1.29, 1.82) is 0 Å². The Bertz CT molecular complexity index is 87.0. The van der Waals surface area contributed by atoms with E-state index in [0.29, 0.717) is 6.61 Å². The molecule has 4 heteroatoms. The first-order chi connectivity index (χ1) is 4.27. The highest BCUT2D eigenvalue weighted by atomic mass is 127. The number of ether oxygens (including phenoxy) is 1. The van der Waals surface area contributed by atoms with Crippen LogP contribution in [-0.4, -0.2) is 17.1 Å². The molecule has 0 aliphatic carbocycles. The maximum absolute atomic E-state index is 9.96. The number of hydrogen-bond acceptors (Lipinski definition) is 2. The second-order valence-corrected chi connectivity index (χ2v) is 2.64. The molecule has 0 aromatic heterocycles. The van der Waals surface area contributed by atoms with Crippen LogP contribution < -0.4 is 5.73 Å². The van der Waals surface area contributed by atoms with Crippen molar-refractivity contribution in [2.75, 3.05) is 11.0 Å². The number of amides is 1. The Balaban J connectivity index is 2.83. The molecule has 0 saturated carbocycles. The van der Waals surface area contributed by atoms with Gasteiger partial charge in [0.2, 0.25) is 0 Å². The zero-order valence-corrected chi connectivity index (χ0v) is 7.26. The number of alkyl halides is 1. The molecule has 0 fully saturated rings. The zero-order chi connectivity index (χ0) is 7.11.